The molecule has 0 atom stereocenters. The van der Waals surface area contributed by atoms with Crippen LogP contribution in [0.15, 0.2) is 35.3 Å². The van der Waals surface area contributed by atoms with Crippen molar-refractivity contribution in [3.8, 4) is 6.07 Å². The van der Waals surface area contributed by atoms with Crippen LogP contribution in [-0.2, 0) is 0 Å². The van der Waals surface area contributed by atoms with Crippen LogP contribution in [0.5, 0.6) is 0 Å². The van der Waals surface area contributed by atoms with Gasteiger partial charge in [-0.25, -0.2) is 0 Å². The van der Waals surface area contributed by atoms with Gasteiger partial charge in [-0.2, -0.15) is 5.26 Å². The number of nitriles is 1. The first kappa shape index (κ1) is 8.71. The number of aliphatic imine (C=N–C) groups is 1. The molecule has 0 aliphatic carbocycles. The van der Waals surface area contributed by atoms with Crippen LogP contribution >= 0.6 is 0 Å². The molecule has 0 amide bonds. The Morgan fingerprint density at radius 3 is 2.57 bits per heavy atom. The smallest absolute Gasteiger partial charge is 0.0991 e. The highest BCUT2D eigenvalue weighted by atomic mass is 14.7. The molecule has 1 aliphatic heterocycles. The van der Waals surface area contributed by atoms with Crippen molar-refractivity contribution in [3.05, 3.63) is 41.5 Å². The minimum absolute atomic E-state index is 0.707. The van der Waals surface area contributed by atoms with Gasteiger partial charge in [0.15, 0.2) is 0 Å². The van der Waals surface area contributed by atoms with Crippen LogP contribution in [-0.4, -0.2) is 12.8 Å². The lowest BCUT2D eigenvalue weighted by Crippen LogP contribution is -1.94. The van der Waals surface area contributed by atoms with E-state index in [1.54, 1.807) is 0 Å². The average Bonchev–Trinajstić information content (AvgIpc) is 2.30. The van der Waals surface area contributed by atoms with Gasteiger partial charge in [0.05, 0.1) is 11.6 Å². The van der Waals surface area contributed by atoms with Crippen molar-refractivity contribution in [2.45, 2.75) is 6.42 Å². The SMILES string of the molecule is N#Cc1ccc(C2=CC=NCC2)cc1. The summed E-state index contributed by atoms with van der Waals surface area (Å²) >= 11 is 0. The molecular formula is C12H10N2. The Hall–Kier alpha value is -1.88. The Balaban J connectivity index is 2.29. The molecule has 0 radical (unpaired) electrons. The van der Waals surface area contributed by atoms with Crippen LogP contribution in [0, 0.1) is 11.3 Å². The Morgan fingerprint density at radius 2 is 2.00 bits per heavy atom. The van der Waals surface area contributed by atoms with Crippen LogP contribution in [0.1, 0.15) is 17.5 Å². The summed E-state index contributed by atoms with van der Waals surface area (Å²) in [7, 11) is 0. The van der Waals surface area contributed by atoms with Gasteiger partial charge in [-0.15, -0.1) is 0 Å². The molecule has 0 aromatic heterocycles. The van der Waals surface area contributed by atoms with E-state index in [1.807, 2.05) is 36.6 Å². The third-order valence-corrected chi connectivity index (χ3v) is 2.28. The van der Waals surface area contributed by atoms with E-state index in [1.165, 1.54) is 11.1 Å². The number of hydrogen-bond acceptors (Lipinski definition) is 2. The van der Waals surface area contributed by atoms with Gasteiger partial charge in [0, 0.05) is 12.8 Å². The van der Waals surface area contributed by atoms with E-state index in [9.17, 15) is 0 Å². The lowest BCUT2D eigenvalue weighted by atomic mass is 10.0. The van der Waals surface area contributed by atoms with Gasteiger partial charge in [0.25, 0.3) is 0 Å². The maximum atomic E-state index is 8.65. The lowest BCUT2D eigenvalue weighted by Gasteiger charge is -2.08. The second kappa shape index (κ2) is 3.89. The molecule has 0 unspecified atom stereocenters. The molecule has 68 valence electrons. The fraction of sp³-hybridized carbons (Fsp3) is 0.167. The molecule has 2 rings (SSSR count). The summed E-state index contributed by atoms with van der Waals surface area (Å²) in [6.07, 6.45) is 4.87. The van der Waals surface area contributed by atoms with Crippen molar-refractivity contribution in [1.82, 2.24) is 0 Å². The number of allylic oxidation sites excluding steroid dienone is 1. The quantitative estimate of drug-likeness (QED) is 0.657. The summed E-state index contributed by atoms with van der Waals surface area (Å²) < 4.78 is 0. The van der Waals surface area contributed by atoms with Gasteiger partial charge in [0.2, 0.25) is 0 Å². The fourth-order valence-electron chi connectivity index (χ4n) is 1.48. The molecule has 0 fully saturated rings. The number of hydrogen-bond donors (Lipinski definition) is 0. The highest BCUT2D eigenvalue weighted by Gasteiger charge is 2.02. The van der Waals surface area contributed by atoms with Crippen molar-refractivity contribution < 1.29 is 0 Å². The number of benzene rings is 1. The molecule has 0 bridgehead atoms. The normalized spacial score (nSPS) is 14.6. The minimum Gasteiger partial charge on any atom is -0.293 e. The number of nitrogens with zero attached hydrogens (tertiary/aromatic N) is 2. The van der Waals surface area contributed by atoms with Crippen LogP contribution in [0.25, 0.3) is 5.57 Å². The Kier molecular flexibility index (Phi) is 2.42. The topological polar surface area (TPSA) is 36.1 Å². The minimum atomic E-state index is 0.707. The second-order valence-electron chi connectivity index (χ2n) is 3.19. The van der Waals surface area contributed by atoms with Crippen molar-refractivity contribution in [1.29, 1.82) is 5.26 Å². The zero-order chi connectivity index (χ0) is 9.80. The van der Waals surface area contributed by atoms with Gasteiger partial charge in [-0.05, 0) is 35.8 Å². The Bertz CT molecular complexity index is 419. The standard InChI is InChI=1S/C12H10N2/c13-9-10-1-3-11(4-2-10)12-5-7-14-8-6-12/h1-5,7H,6,8H2. The molecule has 2 nitrogen and oxygen atoms in total. The second-order valence-corrected chi connectivity index (χ2v) is 3.19. The van der Waals surface area contributed by atoms with Crippen LogP contribution < -0.4 is 0 Å². The molecule has 2 heteroatoms. The van der Waals surface area contributed by atoms with Gasteiger partial charge < -0.3 is 0 Å². The van der Waals surface area contributed by atoms with Crippen molar-refractivity contribution in [2.24, 2.45) is 4.99 Å². The van der Waals surface area contributed by atoms with Crippen LogP contribution in [0.3, 0.4) is 0 Å². The number of rotatable bonds is 1. The molecule has 1 aromatic carbocycles. The van der Waals surface area contributed by atoms with E-state index < -0.39 is 0 Å². The van der Waals surface area contributed by atoms with E-state index in [0.717, 1.165) is 13.0 Å². The zero-order valence-electron chi connectivity index (χ0n) is 7.77. The fourth-order valence-corrected chi connectivity index (χ4v) is 1.48. The molecule has 1 aliphatic rings. The first-order valence-electron chi connectivity index (χ1n) is 4.59. The third kappa shape index (κ3) is 1.72. The van der Waals surface area contributed by atoms with E-state index in [0.29, 0.717) is 5.56 Å². The molecule has 0 saturated carbocycles. The van der Waals surface area contributed by atoms with Gasteiger partial charge in [-0.3, -0.25) is 4.99 Å². The summed E-state index contributed by atoms with van der Waals surface area (Å²) in [5.41, 5.74) is 3.19. The molecule has 0 saturated heterocycles. The van der Waals surface area contributed by atoms with Crippen molar-refractivity contribution in [3.63, 3.8) is 0 Å². The van der Waals surface area contributed by atoms with E-state index in [2.05, 4.69) is 11.1 Å². The summed E-state index contributed by atoms with van der Waals surface area (Å²) in [5.74, 6) is 0. The zero-order valence-corrected chi connectivity index (χ0v) is 7.77. The van der Waals surface area contributed by atoms with Gasteiger partial charge in [-0.1, -0.05) is 12.1 Å². The highest BCUT2D eigenvalue weighted by Crippen LogP contribution is 2.19. The molecule has 0 spiro atoms. The molecule has 14 heavy (non-hydrogen) atoms. The largest absolute Gasteiger partial charge is 0.293 e. The van der Waals surface area contributed by atoms with Crippen LogP contribution in [0.4, 0.5) is 0 Å². The summed E-state index contributed by atoms with van der Waals surface area (Å²) in [4.78, 5) is 4.13. The average molecular weight is 182 g/mol. The molecule has 0 N–H and O–H groups in total. The van der Waals surface area contributed by atoms with Crippen LogP contribution in [0.2, 0.25) is 0 Å². The van der Waals surface area contributed by atoms with E-state index in [4.69, 9.17) is 5.26 Å². The summed E-state index contributed by atoms with van der Waals surface area (Å²) in [6, 6.07) is 9.79. The van der Waals surface area contributed by atoms with Crippen molar-refractivity contribution >= 4 is 11.8 Å². The van der Waals surface area contributed by atoms with E-state index >= 15 is 0 Å². The predicted octanol–water partition coefficient (Wildman–Crippen LogP) is 2.42. The van der Waals surface area contributed by atoms with Gasteiger partial charge >= 0.3 is 0 Å². The maximum absolute atomic E-state index is 8.65. The first-order chi connectivity index (χ1) is 6.90. The summed E-state index contributed by atoms with van der Waals surface area (Å²) in [6.45, 7) is 0.867. The number of dihydropyridines is 1. The molecular weight excluding hydrogens is 172 g/mol. The third-order valence-electron chi connectivity index (χ3n) is 2.28. The van der Waals surface area contributed by atoms with Crippen molar-refractivity contribution in [2.75, 3.05) is 6.54 Å². The Morgan fingerprint density at radius 1 is 1.21 bits per heavy atom. The monoisotopic (exact) mass is 182 g/mol. The highest BCUT2D eigenvalue weighted by molar-refractivity contribution is 5.86. The lowest BCUT2D eigenvalue weighted by molar-refractivity contribution is 1.02. The Labute approximate surface area is 83.2 Å². The summed E-state index contributed by atoms with van der Waals surface area (Å²) in [5, 5.41) is 8.65. The first-order valence-corrected chi connectivity index (χ1v) is 4.59. The van der Waals surface area contributed by atoms with Gasteiger partial charge in [0.1, 0.15) is 0 Å². The molecule has 1 heterocycles. The predicted molar refractivity (Wildman–Crippen MR) is 57.1 cm³/mol. The maximum Gasteiger partial charge on any atom is 0.0991 e. The van der Waals surface area contributed by atoms with E-state index in [-0.39, 0.29) is 0 Å². The molecule has 1 aromatic rings.